The highest BCUT2D eigenvalue weighted by Crippen LogP contribution is 2.33. The van der Waals surface area contributed by atoms with Crippen molar-refractivity contribution in [2.45, 2.75) is 107 Å². The quantitative estimate of drug-likeness (QED) is 0.124. The number of ether oxygens (including phenoxy) is 1. The molecule has 0 saturated heterocycles. The van der Waals surface area contributed by atoms with Gasteiger partial charge in [0, 0.05) is 78.0 Å². The second kappa shape index (κ2) is 21.9. The molecular formula is C46H65ClN8O6. The molecule has 61 heavy (non-hydrogen) atoms. The molecule has 4 aromatic rings. The Morgan fingerprint density at radius 1 is 0.639 bits per heavy atom. The number of Topliss-reactive ketones (excluding diaryl/α,β-unsaturated/α-hetero) is 2. The zero-order chi connectivity index (χ0) is 45.1. The lowest BCUT2D eigenvalue weighted by molar-refractivity contribution is -0.120. The molecular weight excluding hydrogens is 796 g/mol. The second-order valence-electron chi connectivity index (χ2n) is 18.2. The van der Waals surface area contributed by atoms with Crippen molar-refractivity contribution in [3.05, 3.63) is 63.2 Å². The summed E-state index contributed by atoms with van der Waals surface area (Å²) in [7, 11) is 3.85. The molecule has 6 rings (SSSR count). The van der Waals surface area contributed by atoms with Crippen LogP contribution in [0.4, 0.5) is 11.6 Å². The molecule has 0 unspecified atom stereocenters. The van der Waals surface area contributed by atoms with E-state index in [1.54, 1.807) is 12.1 Å². The zero-order valence-electron chi connectivity index (χ0n) is 37.7. The first-order chi connectivity index (χ1) is 28.7. The third-order valence-corrected chi connectivity index (χ3v) is 9.81. The van der Waals surface area contributed by atoms with Crippen LogP contribution in [-0.4, -0.2) is 110 Å². The molecule has 0 fully saturated rings. The standard InChI is InChI=1S/C23H32N4O3.C21H27ClN4O.C2H6O2/c1-15-11-17(30-10-9-28)12-20(24-15)21-25-19-8-6-7-18(19)22(26-21)27(5)14-16(29)13-23(2,3)4;1-13-9-14(22)10-18(23-13)19-24-17-8-6-7-16(17)20(25-19)26(5)12-15(27)11-21(2,3)4;3-1-2-4/h11-12,28H,6-10,13-14H2,1-5H3;9-10H,6-8,11-12H2,1-5H3;3-4H,1-2H2. The molecule has 2 aliphatic carbocycles. The first-order valence-corrected chi connectivity index (χ1v) is 21.4. The summed E-state index contributed by atoms with van der Waals surface area (Å²) < 4.78 is 5.57. The fraction of sp³-hybridized carbons (Fsp3) is 0.565. The van der Waals surface area contributed by atoms with E-state index in [1.165, 1.54) is 0 Å². The predicted molar refractivity (Wildman–Crippen MR) is 241 cm³/mol. The number of ketones is 2. The Balaban J connectivity index is 0.000000248. The molecule has 0 spiro atoms. The summed E-state index contributed by atoms with van der Waals surface area (Å²) in [6.07, 6.45) is 6.89. The van der Waals surface area contributed by atoms with Gasteiger partial charge in [-0.2, -0.15) is 0 Å². The fourth-order valence-electron chi connectivity index (χ4n) is 7.40. The van der Waals surface area contributed by atoms with Crippen LogP contribution >= 0.6 is 11.6 Å². The Morgan fingerprint density at radius 2 is 1.08 bits per heavy atom. The van der Waals surface area contributed by atoms with Crippen LogP contribution in [0.25, 0.3) is 23.0 Å². The van der Waals surface area contributed by atoms with Crippen LogP contribution in [0.15, 0.2) is 24.3 Å². The van der Waals surface area contributed by atoms with Crippen LogP contribution in [0.1, 0.15) is 101 Å². The summed E-state index contributed by atoms with van der Waals surface area (Å²) in [5, 5.41) is 24.9. The molecule has 0 aromatic carbocycles. The van der Waals surface area contributed by atoms with Crippen LogP contribution < -0.4 is 14.5 Å². The molecule has 332 valence electrons. The lowest BCUT2D eigenvalue weighted by Crippen LogP contribution is -2.30. The van der Waals surface area contributed by atoms with Crippen molar-refractivity contribution in [2.75, 3.05) is 63.4 Å². The maximum atomic E-state index is 12.6. The Kier molecular flexibility index (Phi) is 17.6. The van der Waals surface area contributed by atoms with Crippen LogP contribution in [0.3, 0.4) is 0 Å². The molecule has 14 nitrogen and oxygen atoms in total. The van der Waals surface area contributed by atoms with Crippen LogP contribution in [0, 0.1) is 24.7 Å². The molecule has 2 aliphatic rings. The number of rotatable bonds is 14. The highest BCUT2D eigenvalue weighted by atomic mass is 35.5. The number of hydrogen-bond acceptors (Lipinski definition) is 14. The van der Waals surface area contributed by atoms with Crippen molar-refractivity contribution < 1.29 is 29.6 Å². The number of carbonyl (C=O) groups is 2. The Bertz CT molecular complexity index is 2110. The number of aromatic nitrogens is 6. The number of anilines is 2. The number of likely N-dealkylation sites (N-methyl/N-ethyl adjacent to an activating group) is 2. The molecule has 0 saturated carbocycles. The molecule has 3 N–H and O–H groups in total. The van der Waals surface area contributed by atoms with E-state index in [4.69, 9.17) is 51.6 Å². The maximum absolute atomic E-state index is 12.6. The zero-order valence-corrected chi connectivity index (χ0v) is 38.5. The normalized spacial score (nSPS) is 13.0. The van der Waals surface area contributed by atoms with Gasteiger partial charge in [0.05, 0.1) is 32.9 Å². The van der Waals surface area contributed by atoms with Gasteiger partial charge in [-0.3, -0.25) is 9.59 Å². The third-order valence-electron chi connectivity index (χ3n) is 9.59. The number of pyridine rings is 2. The van der Waals surface area contributed by atoms with Crippen molar-refractivity contribution in [1.82, 2.24) is 29.9 Å². The summed E-state index contributed by atoms with van der Waals surface area (Å²) in [5.74, 6) is 3.82. The number of carbonyl (C=O) groups excluding carboxylic acids is 2. The van der Waals surface area contributed by atoms with E-state index in [2.05, 4.69) is 51.5 Å². The molecule has 0 atom stereocenters. The topological polar surface area (TPSA) is 188 Å². The lowest BCUT2D eigenvalue weighted by Gasteiger charge is -2.23. The molecule has 0 amide bonds. The average molecular weight is 862 g/mol. The second-order valence-corrected chi connectivity index (χ2v) is 18.7. The fourth-order valence-corrected chi connectivity index (χ4v) is 7.66. The van der Waals surface area contributed by atoms with E-state index >= 15 is 0 Å². The van der Waals surface area contributed by atoms with Gasteiger partial charge in [0.1, 0.15) is 35.4 Å². The minimum atomic E-state index is -0.125. The number of aliphatic hydroxyl groups is 3. The smallest absolute Gasteiger partial charge is 0.180 e. The van der Waals surface area contributed by atoms with Gasteiger partial charge in [-0.1, -0.05) is 53.1 Å². The minimum Gasteiger partial charge on any atom is -0.491 e. The Labute approximate surface area is 366 Å². The van der Waals surface area contributed by atoms with Crippen LogP contribution in [0.2, 0.25) is 5.02 Å². The third kappa shape index (κ3) is 15.0. The molecule has 4 heterocycles. The largest absolute Gasteiger partial charge is 0.491 e. The summed E-state index contributed by atoms with van der Waals surface area (Å²) in [4.78, 5) is 57.2. The van der Waals surface area contributed by atoms with Crippen LogP contribution in [0.5, 0.6) is 5.75 Å². The molecule has 0 bridgehead atoms. The lowest BCUT2D eigenvalue weighted by atomic mass is 9.90. The first-order valence-electron chi connectivity index (χ1n) is 21.0. The van der Waals surface area contributed by atoms with E-state index in [9.17, 15) is 9.59 Å². The van der Waals surface area contributed by atoms with E-state index in [1.807, 2.05) is 49.9 Å². The molecule has 4 aromatic heterocycles. The van der Waals surface area contributed by atoms with Crippen molar-refractivity contribution >= 4 is 34.8 Å². The average Bonchev–Trinajstić information content (AvgIpc) is 3.84. The minimum absolute atomic E-state index is 0.0149. The van der Waals surface area contributed by atoms with Crippen molar-refractivity contribution in [3.8, 4) is 28.8 Å². The summed E-state index contributed by atoms with van der Waals surface area (Å²) in [5.41, 5.74) is 7.26. The number of aliphatic hydroxyl groups excluding tert-OH is 3. The summed E-state index contributed by atoms with van der Waals surface area (Å²) in [6, 6.07) is 7.23. The summed E-state index contributed by atoms with van der Waals surface area (Å²) in [6.45, 7) is 16.9. The number of nitrogens with zero attached hydrogens (tertiary/aromatic N) is 8. The van der Waals surface area contributed by atoms with Gasteiger partial charge in [-0.05, 0) is 75.3 Å². The maximum Gasteiger partial charge on any atom is 0.180 e. The van der Waals surface area contributed by atoms with Gasteiger partial charge in [-0.15, -0.1) is 0 Å². The molecule has 0 radical (unpaired) electrons. The number of hydrogen-bond donors (Lipinski definition) is 3. The van der Waals surface area contributed by atoms with Gasteiger partial charge in [0.15, 0.2) is 23.2 Å². The SMILES string of the molecule is Cc1cc(Cl)cc(-c2nc3c(c(N(C)CC(=O)CC(C)(C)C)n2)CCC3)n1.Cc1cc(OCCO)cc(-c2nc3c(c(N(C)CC(=O)CC(C)(C)C)n2)CCC3)n1.OCCO. The van der Waals surface area contributed by atoms with Gasteiger partial charge in [0.2, 0.25) is 0 Å². The summed E-state index contributed by atoms with van der Waals surface area (Å²) >= 11 is 6.20. The van der Waals surface area contributed by atoms with Crippen molar-refractivity contribution in [3.63, 3.8) is 0 Å². The Morgan fingerprint density at radius 3 is 1.49 bits per heavy atom. The first kappa shape index (κ1) is 49.0. The number of fused-ring (bicyclic) bond motifs is 2. The molecule has 15 heteroatoms. The van der Waals surface area contributed by atoms with Gasteiger partial charge >= 0.3 is 0 Å². The van der Waals surface area contributed by atoms with E-state index in [0.717, 1.165) is 84.1 Å². The highest BCUT2D eigenvalue weighted by molar-refractivity contribution is 6.30. The van der Waals surface area contributed by atoms with E-state index < -0.39 is 0 Å². The van der Waals surface area contributed by atoms with Gasteiger partial charge in [0.25, 0.3) is 0 Å². The van der Waals surface area contributed by atoms with E-state index in [0.29, 0.717) is 59.7 Å². The number of aryl methyl sites for hydroxylation is 4. The van der Waals surface area contributed by atoms with E-state index in [-0.39, 0.29) is 48.8 Å². The van der Waals surface area contributed by atoms with Gasteiger partial charge < -0.3 is 29.9 Å². The highest BCUT2D eigenvalue weighted by Gasteiger charge is 2.27. The molecule has 0 aliphatic heterocycles. The van der Waals surface area contributed by atoms with Gasteiger partial charge in [-0.25, -0.2) is 29.9 Å². The predicted octanol–water partition coefficient (Wildman–Crippen LogP) is 6.55. The van der Waals surface area contributed by atoms with Crippen LogP contribution in [-0.2, 0) is 35.3 Å². The van der Waals surface area contributed by atoms with Crippen molar-refractivity contribution in [2.24, 2.45) is 10.8 Å². The van der Waals surface area contributed by atoms with Crippen molar-refractivity contribution in [1.29, 1.82) is 0 Å². The monoisotopic (exact) mass is 860 g/mol. The Hall–Kier alpha value is -4.63. The number of halogens is 1.